The SMILES string of the molecule is Cc1ccc(C(=O)Nc2cc3nn(-c4ccc(C(C)C)cc4)nc3cc2C)cc1. The number of amides is 1. The summed E-state index contributed by atoms with van der Waals surface area (Å²) in [6.45, 7) is 8.30. The van der Waals surface area contributed by atoms with Crippen LogP contribution in [0.2, 0.25) is 0 Å². The molecule has 1 aromatic heterocycles. The molecule has 5 nitrogen and oxygen atoms in total. The molecule has 0 spiro atoms. The lowest BCUT2D eigenvalue weighted by Crippen LogP contribution is -2.12. The number of nitrogens with zero attached hydrogens (tertiary/aromatic N) is 3. The van der Waals surface area contributed by atoms with Crippen molar-refractivity contribution in [2.75, 3.05) is 5.32 Å². The molecular weight excluding hydrogens is 360 g/mol. The predicted molar refractivity (Wildman–Crippen MR) is 117 cm³/mol. The second kappa shape index (κ2) is 7.51. The van der Waals surface area contributed by atoms with E-state index in [1.165, 1.54) is 5.56 Å². The van der Waals surface area contributed by atoms with Crippen molar-refractivity contribution in [2.45, 2.75) is 33.6 Å². The number of aryl methyl sites for hydroxylation is 2. The minimum absolute atomic E-state index is 0.135. The van der Waals surface area contributed by atoms with Crippen molar-refractivity contribution in [2.24, 2.45) is 0 Å². The van der Waals surface area contributed by atoms with Crippen LogP contribution in [0.25, 0.3) is 16.7 Å². The van der Waals surface area contributed by atoms with Crippen molar-refractivity contribution in [3.63, 3.8) is 0 Å². The summed E-state index contributed by atoms with van der Waals surface area (Å²) in [5.41, 5.74) is 7.16. The first-order valence-electron chi connectivity index (χ1n) is 9.77. The first kappa shape index (κ1) is 18.9. The lowest BCUT2D eigenvalue weighted by Gasteiger charge is -2.08. The van der Waals surface area contributed by atoms with Gasteiger partial charge in [0.2, 0.25) is 0 Å². The number of aromatic nitrogens is 3. The molecule has 0 aliphatic rings. The van der Waals surface area contributed by atoms with E-state index in [-0.39, 0.29) is 5.91 Å². The van der Waals surface area contributed by atoms with Gasteiger partial charge in [0, 0.05) is 11.3 Å². The Hall–Kier alpha value is -3.47. The van der Waals surface area contributed by atoms with Crippen molar-refractivity contribution >= 4 is 22.6 Å². The normalized spacial score (nSPS) is 11.2. The van der Waals surface area contributed by atoms with Gasteiger partial charge < -0.3 is 5.32 Å². The highest BCUT2D eigenvalue weighted by molar-refractivity contribution is 6.05. The zero-order valence-corrected chi connectivity index (χ0v) is 17.1. The maximum atomic E-state index is 12.6. The number of benzene rings is 3. The molecule has 1 heterocycles. The van der Waals surface area contributed by atoms with Crippen LogP contribution in [0, 0.1) is 13.8 Å². The van der Waals surface area contributed by atoms with Crippen LogP contribution < -0.4 is 5.32 Å². The molecule has 146 valence electrons. The van der Waals surface area contributed by atoms with Crippen LogP contribution in [-0.4, -0.2) is 20.9 Å². The Morgan fingerprint density at radius 1 is 0.897 bits per heavy atom. The van der Waals surface area contributed by atoms with E-state index in [4.69, 9.17) is 0 Å². The van der Waals surface area contributed by atoms with Crippen molar-refractivity contribution in [3.05, 3.63) is 82.9 Å². The molecule has 0 aliphatic carbocycles. The standard InChI is InChI=1S/C24H24N4O/c1-15(2)18-9-11-20(12-10-18)28-26-22-13-17(4)21(14-23(22)27-28)25-24(29)19-7-5-16(3)6-8-19/h5-15H,1-4H3,(H,25,29). The van der Waals surface area contributed by atoms with Gasteiger partial charge in [-0.25, -0.2) is 0 Å². The first-order valence-corrected chi connectivity index (χ1v) is 9.77. The molecule has 0 saturated heterocycles. The molecule has 0 aliphatic heterocycles. The Kier molecular flexibility index (Phi) is 4.89. The molecule has 0 saturated carbocycles. The molecule has 0 radical (unpaired) electrons. The van der Waals surface area contributed by atoms with Gasteiger partial charge in [-0.05, 0) is 67.3 Å². The molecule has 0 unspecified atom stereocenters. The van der Waals surface area contributed by atoms with Gasteiger partial charge >= 0.3 is 0 Å². The molecular formula is C24H24N4O. The van der Waals surface area contributed by atoms with Crippen molar-refractivity contribution < 1.29 is 4.79 Å². The molecule has 29 heavy (non-hydrogen) atoms. The molecule has 0 bridgehead atoms. The average Bonchev–Trinajstić information content (AvgIpc) is 3.11. The number of anilines is 1. The number of hydrogen-bond donors (Lipinski definition) is 1. The molecule has 3 aromatic carbocycles. The minimum Gasteiger partial charge on any atom is -0.322 e. The van der Waals surface area contributed by atoms with Gasteiger partial charge in [-0.3, -0.25) is 4.79 Å². The molecule has 1 amide bonds. The maximum Gasteiger partial charge on any atom is 0.255 e. The third-order valence-corrected chi connectivity index (χ3v) is 5.08. The quantitative estimate of drug-likeness (QED) is 0.511. The molecule has 1 N–H and O–H groups in total. The highest BCUT2D eigenvalue weighted by Gasteiger charge is 2.12. The van der Waals surface area contributed by atoms with E-state index in [0.29, 0.717) is 11.5 Å². The first-order chi connectivity index (χ1) is 13.9. The van der Waals surface area contributed by atoms with Crippen molar-refractivity contribution in [3.8, 4) is 5.69 Å². The van der Waals surface area contributed by atoms with Crippen LogP contribution in [0.1, 0.15) is 46.8 Å². The summed E-state index contributed by atoms with van der Waals surface area (Å²) in [6, 6.07) is 19.6. The van der Waals surface area contributed by atoms with Gasteiger partial charge in [0.1, 0.15) is 11.0 Å². The molecule has 4 aromatic rings. The molecule has 0 atom stereocenters. The van der Waals surface area contributed by atoms with E-state index in [2.05, 4.69) is 41.5 Å². The summed E-state index contributed by atoms with van der Waals surface area (Å²) in [6.07, 6.45) is 0. The Bertz CT molecular complexity index is 1170. The van der Waals surface area contributed by atoms with Crippen molar-refractivity contribution in [1.29, 1.82) is 0 Å². The lowest BCUT2D eigenvalue weighted by molar-refractivity contribution is 0.102. The van der Waals surface area contributed by atoms with Gasteiger partial charge in [-0.2, -0.15) is 4.80 Å². The highest BCUT2D eigenvalue weighted by atomic mass is 16.1. The van der Waals surface area contributed by atoms with E-state index in [1.54, 1.807) is 4.80 Å². The second-order valence-electron chi connectivity index (χ2n) is 7.71. The van der Waals surface area contributed by atoms with E-state index in [9.17, 15) is 4.79 Å². The molecule has 5 heteroatoms. The van der Waals surface area contributed by atoms with Crippen LogP contribution in [0.3, 0.4) is 0 Å². The zero-order chi connectivity index (χ0) is 20.5. The highest BCUT2D eigenvalue weighted by Crippen LogP contribution is 2.23. The number of nitrogens with one attached hydrogen (secondary N) is 1. The number of carbonyl (C=O) groups is 1. The number of fused-ring (bicyclic) bond motifs is 1. The lowest BCUT2D eigenvalue weighted by atomic mass is 10.0. The maximum absolute atomic E-state index is 12.6. The van der Waals surface area contributed by atoms with Gasteiger partial charge in [0.05, 0.1) is 5.69 Å². The fourth-order valence-electron chi connectivity index (χ4n) is 3.21. The Labute approximate surface area is 170 Å². The molecule has 0 fully saturated rings. The average molecular weight is 384 g/mol. The van der Waals surface area contributed by atoms with E-state index >= 15 is 0 Å². The zero-order valence-electron chi connectivity index (χ0n) is 17.1. The summed E-state index contributed by atoms with van der Waals surface area (Å²) in [4.78, 5) is 14.2. The van der Waals surface area contributed by atoms with Crippen LogP contribution in [0.5, 0.6) is 0 Å². The largest absolute Gasteiger partial charge is 0.322 e. The van der Waals surface area contributed by atoms with Crippen LogP contribution >= 0.6 is 0 Å². The summed E-state index contributed by atoms with van der Waals surface area (Å²) in [5, 5.41) is 12.2. The van der Waals surface area contributed by atoms with E-state index < -0.39 is 0 Å². The van der Waals surface area contributed by atoms with Gasteiger partial charge in [-0.15, -0.1) is 10.2 Å². The smallest absolute Gasteiger partial charge is 0.255 e. The predicted octanol–water partition coefficient (Wildman–Crippen LogP) is 5.41. The number of rotatable bonds is 4. The Balaban J connectivity index is 1.63. The fraction of sp³-hybridized carbons (Fsp3) is 0.208. The van der Waals surface area contributed by atoms with E-state index in [0.717, 1.165) is 33.5 Å². The third-order valence-electron chi connectivity index (χ3n) is 5.08. The summed E-state index contributed by atoms with van der Waals surface area (Å²) in [5.74, 6) is 0.347. The van der Waals surface area contributed by atoms with Gasteiger partial charge in [0.25, 0.3) is 5.91 Å². The monoisotopic (exact) mass is 384 g/mol. The van der Waals surface area contributed by atoms with E-state index in [1.807, 2.05) is 62.4 Å². The number of hydrogen-bond acceptors (Lipinski definition) is 3. The van der Waals surface area contributed by atoms with Gasteiger partial charge in [0.15, 0.2) is 0 Å². The van der Waals surface area contributed by atoms with Crippen LogP contribution in [0.4, 0.5) is 5.69 Å². The molecule has 4 rings (SSSR count). The summed E-state index contributed by atoms with van der Waals surface area (Å²) in [7, 11) is 0. The summed E-state index contributed by atoms with van der Waals surface area (Å²) >= 11 is 0. The third kappa shape index (κ3) is 3.90. The van der Waals surface area contributed by atoms with Gasteiger partial charge in [-0.1, -0.05) is 43.7 Å². The Morgan fingerprint density at radius 2 is 1.52 bits per heavy atom. The fourth-order valence-corrected chi connectivity index (χ4v) is 3.21. The van der Waals surface area contributed by atoms with Crippen LogP contribution in [0.15, 0.2) is 60.7 Å². The van der Waals surface area contributed by atoms with Crippen molar-refractivity contribution in [1.82, 2.24) is 15.0 Å². The topological polar surface area (TPSA) is 59.8 Å². The Morgan fingerprint density at radius 3 is 2.14 bits per heavy atom. The second-order valence-corrected chi connectivity index (χ2v) is 7.71. The number of carbonyl (C=O) groups excluding carboxylic acids is 1. The van der Waals surface area contributed by atoms with Crippen LogP contribution in [-0.2, 0) is 0 Å². The minimum atomic E-state index is -0.135. The summed E-state index contributed by atoms with van der Waals surface area (Å²) < 4.78 is 0.